The molecule has 2 aromatic rings. The van der Waals surface area contributed by atoms with Crippen LogP contribution >= 0.6 is 0 Å². The van der Waals surface area contributed by atoms with Crippen molar-refractivity contribution in [2.75, 3.05) is 45.2 Å². The van der Waals surface area contributed by atoms with E-state index < -0.39 is 47.2 Å². The molecule has 1 aliphatic carbocycles. The van der Waals surface area contributed by atoms with E-state index in [0.717, 1.165) is 22.9 Å². The summed E-state index contributed by atoms with van der Waals surface area (Å²) in [7, 11) is -2.74. The average molecular weight is 676 g/mol. The van der Waals surface area contributed by atoms with E-state index in [1.165, 1.54) is 19.2 Å². The highest BCUT2D eigenvalue weighted by Crippen LogP contribution is 2.33. The second kappa shape index (κ2) is 16.6. The highest BCUT2D eigenvalue weighted by molar-refractivity contribution is 7.89. The van der Waals surface area contributed by atoms with E-state index in [1.807, 2.05) is 30.3 Å². The van der Waals surface area contributed by atoms with Gasteiger partial charge in [-0.15, -0.1) is 0 Å². The van der Waals surface area contributed by atoms with Crippen molar-refractivity contribution in [1.82, 2.24) is 20.4 Å². The molecule has 2 aromatic carbocycles. The van der Waals surface area contributed by atoms with E-state index >= 15 is 0 Å². The van der Waals surface area contributed by atoms with Gasteiger partial charge in [0.15, 0.2) is 6.29 Å². The van der Waals surface area contributed by atoms with Crippen LogP contribution in [0, 0.1) is 5.92 Å². The van der Waals surface area contributed by atoms with Crippen LogP contribution in [-0.2, 0) is 35.5 Å². The number of aliphatic hydroxyl groups is 1. The lowest BCUT2D eigenvalue weighted by Gasteiger charge is -2.31. The largest absolute Gasteiger partial charge is 0.443 e. The molecule has 5 rings (SSSR count). The third-order valence-electron chi connectivity index (χ3n) is 8.58. The number of alkyl carbamates (subject to hydrolysis) is 1. The van der Waals surface area contributed by atoms with E-state index in [1.54, 1.807) is 12.1 Å². The van der Waals surface area contributed by atoms with Gasteiger partial charge in [-0.2, -0.15) is 0 Å². The van der Waals surface area contributed by atoms with Gasteiger partial charge in [0.25, 0.3) is 10.0 Å². The summed E-state index contributed by atoms with van der Waals surface area (Å²) in [5.74, 6) is -0.0592. The van der Waals surface area contributed by atoms with E-state index in [4.69, 9.17) is 19.0 Å². The summed E-state index contributed by atoms with van der Waals surface area (Å²) in [6.07, 6.45) is 0.827. The van der Waals surface area contributed by atoms with Gasteiger partial charge < -0.3 is 40.6 Å². The van der Waals surface area contributed by atoms with Crippen LogP contribution in [0.4, 0.5) is 15.3 Å². The van der Waals surface area contributed by atoms with Crippen molar-refractivity contribution in [2.24, 2.45) is 5.92 Å². The van der Waals surface area contributed by atoms with Crippen LogP contribution in [0.15, 0.2) is 59.5 Å². The van der Waals surface area contributed by atoms with Gasteiger partial charge >= 0.3 is 12.1 Å². The normalized spacial score (nSPS) is 22.4. The number of hydroxylamine groups is 1. The summed E-state index contributed by atoms with van der Waals surface area (Å²) in [4.78, 5) is 30.6. The minimum Gasteiger partial charge on any atom is -0.443 e. The van der Waals surface area contributed by atoms with Crippen molar-refractivity contribution in [3.05, 3.63) is 60.2 Å². The molecule has 47 heavy (non-hydrogen) atoms. The van der Waals surface area contributed by atoms with Gasteiger partial charge in [0.05, 0.1) is 48.8 Å². The van der Waals surface area contributed by atoms with Crippen LogP contribution in [0.2, 0.25) is 0 Å². The Morgan fingerprint density at radius 3 is 2.60 bits per heavy atom. The summed E-state index contributed by atoms with van der Waals surface area (Å²) >= 11 is 0. The number of amides is 3. The van der Waals surface area contributed by atoms with Crippen molar-refractivity contribution in [3.63, 3.8) is 0 Å². The van der Waals surface area contributed by atoms with Crippen LogP contribution in [-0.4, -0.2) is 101 Å². The highest BCUT2D eigenvalue weighted by atomic mass is 32.2. The van der Waals surface area contributed by atoms with Gasteiger partial charge in [-0.1, -0.05) is 53.7 Å². The lowest BCUT2D eigenvalue weighted by Crippen LogP contribution is -2.51. The molecule has 2 saturated heterocycles. The molecule has 0 aromatic heterocycles. The number of ether oxygens (including phenoxy) is 3. The second-order valence-corrected chi connectivity index (χ2v) is 13.8. The van der Waals surface area contributed by atoms with Gasteiger partial charge in [-0.25, -0.2) is 18.0 Å². The van der Waals surface area contributed by atoms with Crippen LogP contribution in [0.25, 0.3) is 0 Å². The molecule has 5 atom stereocenters. The zero-order valence-corrected chi connectivity index (χ0v) is 27.3. The third kappa shape index (κ3) is 9.55. The number of fused-ring (bicyclic) bond motifs is 1. The van der Waals surface area contributed by atoms with Crippen LogP contribution < -0.4 is 21.3 Å². The number of rotatable bonds is 15. The molecule has 3 amide bonds. The molecule has 0 spiro atoms. The SMILES string of the molecule is CNC(=O)NCCNc1cccc(S(=O)(=O)N(C[C@@H](O)[C@H](Cc2ccccc2)NC(=O)O[C@H]2CO[C@H]3OCC[C@H]32)OC2CCCC2)c1. The molecule has 14 nitrogen and oxygen atoms in total. The van der Waals surface area contributed by atoms with Crippen LogP contribution in [0.1, 0.15) is 37.7 Å². The quantitative estimate of drug-likeness (QED) is 0.139. The number of nitrogens with zero attached hydrogens (tertiary/aromatic N) is 1. The monoisotopic (exact) mass is 675 g/mol. The maximum Gasteiger partial charge on any atom is 0.407 e. The fourth-order valence-electron chi connectivity index (χ4n) is 6.01. The summed E-state index contributed by atoms with van der Waals surface area (Å²) < 4.78 is 45.8. The minimum absolute atomic E-state index is 0.0338. The Morgan fingerprint density at radius 2 is 1.83 bits per heavy atom. The number of carbonyl (C=O) groups is 2. The van der Waals surface area contributed by atoms with E-state index in [-0.39, 0.29) is 36.0 Å². The van der Waals surface area contributed by atoms with Crippen LogP contribution in [0.3, 0.4) is 0 Å². The van der Waals surface area contributed by atoms with Gasteiger partial charge in [-0.05, 0) is 49.4 Å². The predicted octanol–water partition coefficient (Wildman–Crippen LogP) is 2.35. The molecule has 1 saturated carbocycles. The fraction of sp³-hybridized carbons (Fsp3) is 0.562. The highest BCUT2D eigenvalue weighted by Gasteiger charge is 2.44. The summed E-state index contributed by atoms with van der Waals surface area (Å²) in [6, 6.07) is 14.3. The number of hydrogen-bond acceptors (Lipinski definition) is 10. The molecular formula is C32H45N5O9S. The molecule has 258 valence electrons. The number of nitrogens with one attached hydrogen (secondary N) is 4. The first kappa shape index (κ1) is 34.9. The molecule has 15 heteroatoms. The Balaban J connectivity index is 1.31. The van der Waals surface area contributed by atoms with Crippen molar-refractivity contribution < 1.29 is 42.2 Å². The number of aliphatic hydroxyl groups excluding tert-OH is 1. The van der Waals surface area contributed by atoms with Crippen molar-refractivity contribution in [1.29, 1.82) is 0 Å². The lowest BCUT2D eigenvalue weighted by molar-refractivity contribution is -0.145. The molecule has 0 radical (unpaired) electrons. The topological polar surface area (TPSA) is 177 Å². The zero-order valence-electron chi connectivity index (χ0n) is 26.5. The third-order valence-corrected chi connectivity index (χ3v) is 10.2. The fourth-order valence-corrected chi connectivity index (χ4v) is 7.36. The Labute approximate surface area is 275 Å². The Bertz CT molecular complexity index is 1430. The van der Waals surface area contributed by atoms with E-state index in [0.29, 0.717) is 44.6 Å². The van der Waals surface area contributed by atoms with Gasteiger partial charge in [0, 0.05) is 25.8 Å². The molecule has 3 aliphatic rings. The molecular weight excluding hydrogens is 630 g/mol. The van der Waals surface area contributed by atoms with Crippen molar-refractivity contribution in [3.8, 4) is 0 Å². The first-order chi connectivity index (χ1) is 22.7. The molecule has 0 bridgehead atoms. The lowest BCUT2D eigenvalue weighted by atomic mass is 10.0. The second-order valence-electron chi connectivity index (χ2n) is 11.9. The number of anilines is 1. The number of benzene rings is 2. The van der Waals surface area contributed by atoms with Gasteiger partial charge in [0.1, 0.15) is 6.10 Å². The van der Waals surface area contributed by atoms with Crippen molar-refractivity contribution >= 4 is 27.8 Å². The van der Waals surface area contributed by atoms with Gasteiger partial charge in [0.2, 0.25) is 0 Å². The average Bonchev–Trinajstić information content (AvgIpc) is 3.84. The zero-order chi connectivity index (χ0) is 33.2. The molecule has 2 heterocycles. The number of carbonyl (C=O) groups excluding carboxylic acids is 2. The summed E-state index contributed by atoms with van der Waals surface area (Å²) in [5, 5.41) is 22.6. The predicted molar refractivity (Wildman–Crippen MR) is 172 cm³/mol. The Kier molecular flexibility index (Phi) is 12.3. The maximum atomic E-state index is 14.1. The number of sulfonamides is 1. The standard InChI is InChI=1S/C32H45N5O9S/c1-33-31(39)35-16-15-34-23-10-7-13-25(19-23)47(41,42)37(46-24-11-5-6-12-24)20-28(38)27(18-22-8-3-2-4-9-22)36-32(40)45-29-21-44-30-26(29)14-17-43-30/h2-4,7-10,13,19,24,26-30,34,38H,5-6,11-12,14-18,20-21H2,1H3,(H,36,40)(H2,33,35,39)/t26-,27-,28+,29-,30+/m0/s1. The molecule has 3 fully saturated rings. The summed E-state index contributed by atoms with van der Waals surface area (Å²) in [5.41, 5.74) is 1.37. The van der Waals surface area contributed by atoms with E-state index in [9.17, 15) is 23.1 Å². The summed E-state index contributed by atoms with van der Waals surface area (Å²) in [6.45, 7) is 0.998. The number of urea groups is 1. The number of hydrogen-bond donors (Lipinski definition) is 5. The van der Waals surface area contributed by atoms with Crippen LogP contribution in [0.5, 0.6) is 0 Å². The van der Waals surface area contributed by atoms with Gasteiger partial charge in [-0.3, -0.25) is 4.84 Å². The molecule has 5 N–H and O–H groups in total. The smallest absolute Gasteiger partial charge is 0.407 e. The minimum atomic E-state index is -4.26. The first-order valence-electron chi connectivity index (χ1n) is 16.1. The van der Waals surface area contributed by atoms with Crippen molar-refractivity contribution in [2.45, 2.75) is 74.1 Å². The molecule has 2 aliphatic heterocycles. The maximum absolute atomic E-state index is 14.1. The molecule has 0 unspecified atom stereocenters. The van der Waals surface area contributed by atoms with E-state index in [2.05, 4.69) is 21.3 Å². The Morgan fingerprint density at radius 1 is 1.04 bits per heavy atom. The first-order valence-corrected chi connectivity index (χ1v) is 17.6. The Hall–Kier alpha value is -3.47.